The van der Waals surface area contributed by atoms with Crippen molar-refractivity contribution in [2.24, 2.45) is 0 Å². The molecule has 27 heavy (non-hydrogen) atoms. The first-order valence-electron chi connectivity index (χ1n) is 9.03. The first kappa shape index (κ1) is 17.2. The highest BCUT2D eigenvalue weighted by Crippen LogP contribution is 2.29. The Morgan fingerprint density at radius 2 is 2.11 bits per heavy atom. The molecular weight excluding hydrogens is 343 g/mol. The van der Waals surface area contributed by atoms with Crippen molar-refractivity contribution in [3.8, 4) is 17.3 Å². The molecule has 0 radical (unpaired) electrons. The summed E-state index contributed by atoms with van der Waals surface area (Å²) in [4.78, 5) is 21.6. The fraction of sp³-hybridized carbons (Fsp3) is 0.286. The first-order valence-corrected chi connectivity index (χ1v) is 9.03. The van der Waals surface area contributed by atoms with Gasteiger partial charge in [-0.1, -0.05) is 12.8 Å². The van der Waals surface area contributed by atoms with Crippen LogP contribution in [0.25, 0.3) is 22.2 Å². The predicted octanol–water partition coefficient (Wildman–Crippen LogP) is 4.26. The molecule has 1 aliphatic carbocycles. The predicted molar refractivity (Wildman–Crippen MR) is 101 cm³/mol. The molecule has 1 saturated carbocycles. The Morgan fingerprint density at radius 3 is 2.78 bits per heavy atom. The molecule has 3 aromatic rings. The van der Waals surface area contributed by atoms with Crippen LogP contribution in [-0.4, -0.2) is 33.9 Å². The van der Waals surface area contributed by atoms with Crippen LogP contribution in [0, 0.1) is 17.1 Å². The quantitative estimate of drug-likeness (QED) is 0.757. The summed E-state index contributed by atoms with van der Waals surface area (Å²) in [7, 11) is 1.83. The largest absolute Gasteiger partial charge is 0.360 e. The molecule has 1 amide bonds. The smallest absolute Gasteiger partial charge is 0.255 e. The number of nitrogens with one attached hydrogen (secondary N) is 1. The summed E-state index contributed by atoms with van der Waals surface area (Å²) in [6, 6.07) is 8.69. The van der Waals surface area contributed by atoms with Crippen molar-refractivity contribution < 1.29 is 9.18 Å². The molecule has 0 unspecified atom stereocenters. The molecule has 1 N–H and O–H groups in total. The van der Waals surface area contributed by atoms with E-state index in [1.165, 1.54) is 12.3 Å². The van der Waals surface area contributed by atoms with Crippen LogP contribution in [0.15, 0.2) is 36.7 Å². The molecule has 1 aromatic carbocycles. The van der Waals surface area contributed by atoms with Gasteiger partial charge >= 0.3 is 0 Å². The van der Waals surface area contributed by atoms with Crippen molar-refractivity contribution >= 4 is 16.8 Å². The van der Waals surface area contributed by atoms with Crippen LogP contribution in [0.3, 0.4) is 0 Å². The second-order valence-electron chi connectivity index (χ2n) is 6.98. The number of benzene rings is 1. The third-order valence-electron chi connectivity index (χ3n) is 5.37. The van der Waals surface area contributed by atoms with Gasteiger partial charge in [0, 0.05) is 41.9 Å². The Bertz CT molecular complexity index is 1040. The summed E-state index contributed by atoms with van der Waals surface area (Å²) in [6.45, 7) is 0. The number of rotatable bonds is 3. The lowest BCUT2D eigenvalue weighted by atomic mass is 10.1. The maximum Gasteiger partial charge on any atom is 0.255 e. The molecule has 0 saturated heterocycles. The number of nitrogens with zero attached hydrogens (tertiary/aromatic N) is 3. The Labute approximate surface area is 156 Å². The van der Waals surface area contributed by atoms with Crippen molar-refractivity contribution in [1.29, 1.82) is 5.26 Å². The lowest BCUT2D eigenvalue weighted by molar-refractivity contribution is 0.0735. The van der Waals surface area contributed by atoms with E-state index in [4.69, 9.17) is 0 Å². The number of amides is 1. The van der Waals surface area contributed by atoms with Gasteiger partial charge in [0.1, 0.15) is 11.9 Å². The topological polar surface area (TPSA) is 72.8 Å². The zero-order valence-electron chi connectivity index (χ0n) is 15.0. The van der Waals surface area contributed by atoms with Gasteiger partial charge in [0.15, 0.2) is 0 Å². The normalized spacial score (nSPS) is 14.4. The highest BCUT2D eigenvalue weighted by Gasteiger charge is 2.24. The lowest BCUT2D eigenvalue weighted by Crippen LogP contribution is -2.35. The van der Waals surface area contributed by atoms with Crippen molar-refractivity contribution in [3.05, 3.63) is 53.6 Å². The minimum absolute atomic E-state index is 0.0609. The Morgan fingerprint density at radius 1 is 1.33 bits per heavy atom. The molecule has 2 heterocycles. The standard InChI is InChI=1S/C21H19FN4O/c1-26(15-4-2-3-5-15)21(27)13-6-7-19(24-11-13)17-8-16-14(10-23)12-25-20(16)9-18(17)22/h6-9,11-12,15,25H,2-5H2,1H3. The average Bonchev–Trinajstić information content (AvgIpc) is 3.36. The Hall–Kier alpha value is -3.20. The molecule has 5 nitrogen and oxygen atoms in total. The van der Waals surface area contributed by atoms with Gasteiger partial charge in [-0.15, -0.1) is 0 Å². The zero-order valence-corrected chi connectivity index (χ0v) is 15.0. The van der Waals surface area contributed by atoms with E-state index in [0.717, 1.165) is 25.7 Å². The summed E-state index contributed by atoms with van der Waals surface area (Å²) in [6.07, 6.45) is 7.45. The molecule has 1 aliphatic rings. The fourth-order valence-electron chi connectivity index (χ4n) is 3.77. The van der Waals surface area contributed by atoms with Crippen LogP contribution in [0.5, 0.6) is 0 Å². The highest BCUT2D eigenvalue weighted by atomic mass is 19.1. The van der Waals surface area contributed by atoms with Crippen molar-refractivity contribution in [2.45, 2.75) is 31.7 Å². The van der Waals surface area contributed by atoms with E-state index in [0.29, 0.717) is 33.3 Å². The minimum atomic E-state index is -0.427. The number of halogens is 1. The van der Waals surface area contributed by atoms with Gasteiger partial charge in [-0.2, -0.15) is 5.26 Å². The van der Waals surface area contributed by atoms with Gasteiger partial charge < -0.3 is 9.88 Å². The van der Waals surface area contributed by atoms with E-state index in [1.54, 1.807) is 29.3 Å². The summed E-state index contributed by atoms with van der Waals surface area (Å²) >= 11 is 0. The minimum Gasteiger partial charge on any atom is -0.360 e. The lowest BCUT2D eigenvalue weighted by Gasteiger charge is -2.24. The SMILES string of the molecule is CN(C(=O)c1ccc(-c2cc3c(C#N)c[nH]c3cc2F)nc1)C1CCCC1. The maximum atomic E-state index is 14.5. The number of aromatic nitrogens is 2. The van der Waals surface area contributed by atoms with Gasteiger partial charge in [-0.25, -0.2) is 4.39 Å². The van der Waals surface area contributed by atoms with Crippen LogP contribution < -0.4 is 0 Å². The van der Waals surface area contributed by atoms with Crippen molar-refractivity contribution in [3.63, 3.8) is 0 Å². The summed E-state index contributed by atoms with van der Waals surface area (Å²) in [5, 5.41) is 9.82. The van der Waals surface area contributed by atoms with E-state index in [2.05, 4.69) is 16.0 Å². The number of hydrogen-bond donors (Lipinski definition) is 1. The first-order chi connectivity index (χ1) is 13.1. The molecule has 6 heteroatoms. The Balaban J connectivity index is 1.64. The molecule has 0 atom stereocenters. The van der Waals surface area contributed by atoms with E-state index < -0.39 is 5.82 Å². The molecule has 0 aliphatic heterocycles. The van der Waals surface area contributed by atoms with Crippen molar-refractivity contribution in [1.82, 2.24) is 14.9 Å². The van der Waals surface area contributed by atoms with Gasteiger partial charge in [0.2, 0.25) is 0 Å². The van der Waals surface area contributed by atoms with E-state index in [-0.39, 0.29) is 11.9 Å². The average molecular weight is 362 g/mol. The number of hydrogen-bond acceptors (Lipinski definition) is 3. The summed E-state index contributed by atoms with van der Waals surface area (Å²) < 4.78 is 14.5. The number of carbonyl (C=O) groups is 1. The number of fused-ring (bicyclic) bond motifs is 1. The Kier molecular flexibility index (Phi) is 4.36. The number of pyridine rings is 1. The van der Waals surface area contributed by atoms with Crippen molar-refractivity contribution in [2.75, 3.05) is 7.05 Å². The molecule has 136 valence electrons. The van der Waals surface area contributed by atoms with Crippen LogP contribution in [0.4, 0.5) is 4.39 Å². The summed E-state index contributed by atoms with van der Waals surface area (Å²) in [5.74, 6) is -0.488. The molecule has 1 fully saturated rings. The van der Waals surface area contributed by atoms with Gasteiger partial charge in [-0.05, 0) is 37.1 Å². The second-order valence-corrected chi connectivity index (χ2v) is 6.98. The second kappa shape index (κ2) is 6.84. The fourth-order valence-corrected chi connectivity index (χ4v) is 3.77. The monoisotopic (exact) mass is 362 g/mol. The third kappa shape index (κ3) is 3.06. The number of aromatic amines is 1. The summed E-state index contributed by atoms with van der Waals surface area (Å²) in [5.41, 5.74) is 2.25. The van der Waals surface area contributed by atoms with Crippen LogP contribution in [-0.2, 0) is 0 Å². The van der Waals surface area contributed by atoms with Crippen LogP contribution in [0.1, 0.15) is 41.6 Å². The van der Waals surface area contributed by atoms with E-state index in [1.807, 2.05) is 7.05 Å². The van der Waals surface area contributed by atoms with Crippen LogP contribution in [0.2, 0.25) is 0 Å². The van der Waals surface area contributed by atoms with E-state index >= 15 is 0 Å². The number of carbonyl (C=O) groups excluding carboxylic acids is 1. The van der Waals surface area contributed by atoms with Gasteiger partial charge in [0.25, 0.3) is 5.91 Å². The zero-order chi connectivity index (χ0) is 19.0. The third-order valence-corrected chi connectivity index (χ3v) is 5.37. The number of H-pyrrole nitrogens is 1. The van der Waals surface area contributed by atoms with Gasteiger partial charge in [0.05, 0.1) is 16.8 Å². The van der Waals surface area contributed by atoms with Gasteiger partial charge in [-0.3, -0.25) is 9.78 Å². The molecular formula is C21H19FN4O. The van der Waals surface area contributed by atoms with Crippen LogP contribution >= 0.6 is 0 Å². The van der Waals surface area contributed by atoms with E-state index in [9.17, 15) is 14.4 Å². The number of nitriles is 1. The maximum absolute atomic E-state index is 14.5. The molecule has 4 rings (SSSR count). The highest BCUT2D eigenvalue weighted by molar-refractivity contribution is 5.94. The molecule has 0 spiro atoms. The molecule has 0 bridgehead atoms. The molecule has 2 aromatic heterocycles.